The smallest absolute Gasteiger partial charge is 0.294 e. The SMILES string of the molecule is COCCN1CN(c2ccccc2[N+](=O)[O-])n2cc(C(=O)CCc3ccc(F)cc3F)c(=O)c(O)c2C1=O. The van der Waals surface area contributed by atoms with Crippen molar-refractivity contribution in [2.45, 2.75) is 12.8 Å². The highest BCUT2D eigenvalue weighted by atomic mass is 19.1. The summed E-state index contributed by atoms with van der Waals surface area (Å²) in [6.45, 7) is -0.0707. The summed E-state index contributed by atoms with van der Waals surface area (Å²) in [6.07, 6.45) is 0.503. The largest absolute Gasteiger partial charge is 0.502 e. The van der Waals surface area contributed by atoms with E-state index >= 15 is 0 Å². The van der Waals surface area contributed by atoms with E-state index in [1.54, 1.807) is 0 Å². The summed E-state index contributed by atoms with van der Waals surface area (Å²) in [5, 5.41) is 23.8. The van der Waals surface area contributed by atoms with E-state index in [0.29, 0.717) is 6.07 Å². The van der Waals surface area contributed by atoms with Gasteiger partial charge in [-0.05, 0) is 24.1 Å². The topological polar surface area (TPSA) is 135 Å². The fraction of sp³-hybridized carbons (Fsp3) is 0.240. The van der Waals surface area contributed by atoms with Crippen LogP contribution in [-0.4, -0.2) is 58.2 Å². The number of nitro groups is 1. The number of para-hydroxylation sites is 2. The summed E-state index contributed by atoms with van der Waals surface area (Å²) in [7, 11) is 1.42. The van der Waals surface area contributed by atoms with E-state index in [2.05, 4.69) is 0 Å². The molecule has 4 rings (SSSR count). The van der Waals surface area contributed by atoms with Gasteiger partial charge < -0.3 is 14.7 Å². The molecule has 0 radical (unpaired) electrons. The van der Waals surface area contributed by atoms with Crippen molar-refractivity contribution < 1.29 is 33.1 Å². The normalized spacial score (nSPS) is 13.0. The molecule has 1 aliphatic rings. The standard InChI is InChI=1S/C25H22F2N4O7/c1-38-11-10-28-14-30(19-4-2-3-5-20(19)31(36)37)29-13-17(23(33)24(34)22(29)25(28)35)21(32)9-7-15-6-8-16(26)12-18(15)27/h2-6,8,12-13,34H,7,9-11,14H2,1H3. The van der Waals surface area contributed by atoms with Crippen LogP contribution < -0.4 is 10.4 Å². The number of benzene rings is 2. The monoisotopic (exact) mass is 528 g/mol. The van der Waals surface area contributed by atoms with E-state index in [1.807, 2.05) is 0 Å². The van der Waals surface area contributed by atoms with Gasteiger partial charge in [-0.25, -0.2) is 13.5 Å². The summed E-state index contributed by atoms with van der Waals surface area (Å²) in [4.78, 5) is 51.5. The van der Waals surface area contributed by atoms with Crippen LogP contribution in [0.1, 0.15) is 32.8 Å². The van der Waals surface area contributed by atoms with Crippen LogP contribution in [0.15, 0.2) is 53.5 Å². The molecule has 0 saturated heterocycles. The van der Waals surface area contributed by atoms with E-state index in [1.165, 1.54) is 47.4 Å². The molecule has 1 N–H and O–H groups in total. The number of fused-ring (bicyclic) bond motifs is 1. The van der Waals surface area contributed by atoms with Crippen molar-refractivity contribution in [3.05, 3.63) is 97.5 Å². The Kier molecular flexibility index (Phi) is 7.48. The number of aromatic hydroxyl groups is 1. The molecule has 198 valence electrons. The maximum Gasteiger partial charge on any atom is 0.294 e. The molecule has 0 spiro atoms. The van der Waals surface area contributed by atoms with Crippen molar-refractivity contribution >= 4 is 23.1 Å². The van der Waals surface area contributed by atoms with Gasteiger partial charge in [-0.15, -0.1) is 0 Å². The van der Waals surface area contributed by atoms with Gasteiger partial charge in [0, 0.05) is 38.4 Å². The van der Waals surface area contributed by atoms with Crippen molar-refractivity contribution in [3.8, 4) is 5.75 Å². The zero-order valence-corrected chi connectivity index (χ0v) is 20.1. The maximum atomic E-state index is 14.0. The van der Waals surface area contributed by atoms with Gasteiger partial charge in [0.15, 0.2) is 17.2 Å². The number of ketones is 1. The molecule has 2 heterocycles. The van der Waals surface area contributed by atoms with Crippen LogP contribution in [-0.2, 0) is 11.2 Å². The van der Waals surface area contributed by atoms with Crippen LogP contribution in [0.4, 0.5) is 20.2 Å². The Bertz CT molecular complexity index is 1490. The minimum Gasteiger partial charge on any atom is -0.502 e. The number of hydrogen-bond acceptors (Lipinski definition) is 8. The average Bonchev–Trinajstić information content (AvgIpc) is 2.89. The highest BCUT2D eigenvalue weighted by Crippen LogP contribution is 2.32. The van der Waals surface area contributed by atoms with Gasteiger partial charge >= 0.3 is 0 Å². The van der Waals surface area contributed by atoms with Crippen LogP contribution in [0.3, 0.4) is 0 Å². The number of halogens is 2. The van der Waals surface area contributed by atoms with E-state index in [4.69, 9.17) is 4.74 Å². The van der Waals surface area contributed by atoms with Gasteiger partial charge in [-0.3, -0.25) is 29.5 Å². The molecule has 0 fully saturated rings. The fourth-order valence-electron chi connectivity index (χ4n) is 4.13. The first-order chi connectivity index (χ1) is 18.1. The first kappa shape index (κ1) is 26.4. The van der Waals surface area contributed by atoms with Gasteiger partial charge in [0.05, 0.1) is 17.1 Å². The number of hydrogen-bond donors (Lipinski definition) is 1. The number of pyridine rings is 1. The Morgan fingerprint density at radius 3 is 2.61 bits per heavy atom. The molecule has 1 amide bonds. The molecule has 0 aliphatic carbocycles. The predicted octanol–water partition coefficient (Wildman–Crippen LogP) is 2.89. The Morgan fingerprint density at radius 2 is 1.92 bits per heavy atom. The van der Waals surface area contributed by atoms with E-state index in [0.717, 1.165) is 16.9 Å². The molecule has 13 heteroatoms. The number of methoxy groups -OCH3 is 1. The third-order valence-electron chi connectivity index (χ3n) is 6.08. The van der Waals surface area contributed by atoms with E-state index in [-0.39, 0.29) is 49.6 Å². The zero-order chi connectivity index (χ0) is 27.6. The summed E-state index contributed by atoms with van der Waals surface area (Å²) < 4.78 is 33.3. The Labute approximate surface area is 214 Å². The highest BCUT2D eigenvalue weighted by Gasteiger charge is 2.36. The molecule has 0 unspecified atom stereocenters. The van der Waals surface area contributed by atoms with Crippen molar-refractivity contribution in [1.82, 2.24) is 9.58 Å². The number of Topliss-reactive ketones (excluding diaryl/α,β-unsaturated/α-hetero) is 1. The lowest BCUT2D eigenvalue weighted by atomic mass is 10.0. The lowest BCUT2D eigenvalue weighted by Crippen LogP contribution is -2.53. The quantitative estimate of drug-likeness (QED) is 0.255. The van der Waals surface area contributed by atoms with Crippen LogP contribution in [0.25, 0.3) is 0 Å². The fourth-order valence-corrected chi connectivity index (χ4v) is 4.13. The van der Waals surface area contributed by atoms with E-state index < -0.39 is 50.7 Å². The van der Waals surface area contributed by atoms with Gasteiger partial charge in [-0.1, -0.05) is 18.2 Å². The van der Waals surface area contributed by atoms with Crippen molar-refractivity contribution in [1.29, 1.82) is 0 Å². The highest BCUT2D eigenvalue weighted by molar-refractivity contribution is 6.00. The first-order valence-electron chi connectivity index (χ1n) is 11.4. The summed E-state index contributed by atoms with van der Waals surface area (Å²) in [5.41, 5.74) is -2.36. The lowest BCUT2D eigenvalue weighted by molar-refractivity contribution is -0.384. The molecule has 38 heavy (non-hydrogen) atoms. The second kappa shape index (κ2) is 10.8. The molecule has 2 aromatic carbocycles. The van der Waals surface area contributed by atoms with Crippen LogP contribution in [0.2, 0.25) is 0 Å². The van der Waals surface area contributed by atoms with Crippen molar-refractivity contribution in [2.24, 2.45) is 0 Å². The number of carbonyl (C=O) groups is 2. The van der Waals surface area contributed by atoms with Crippen LogP contribution in [0.5, 0.6) is 5.75 Å². The second-order valence-electron chi connectivity index (χ2n) is 8.42. The first-order valence-corrected chi connectivity index (χ1v) is 11.4. The molecule has 0 saturated carbocycles. The molecule has 0 bridgehead atoms. The van der Waals surface area contributed by atoms with Crippen molar-refractivity contribution in [2.75, 3.05) is 31.9 Å². The molecule has 0 atom stereocenters. The number of anilines is 1. The van der Waals surface area contributed by atoms with Gasteiger partial charge in [0.2, 0.25) is 5.43 Å². The van der Waals surface area contributed by atoms with Gasteiger partial charge in [0.25, 0.3) is 11.6 Å². The molecule has 3 aromatic rings. The van der Waals surface area contributed by atoms with Crippen molar-refractivity contribution in [3.63, 3.8) is 0 Å². The Morgan fingerprint density at radius 1 is 1.18 bits per heavy atom. The molecular weight excluding hydrogens is 506 g/mol. The molecule has 11 nitrogen and oxygen atoms in total. The number of ether oxygens (including phenoxy) is 1. The minimum atomic E-state index is -1.12. The predicted molar refractivity (Wildman–Crippen MR) is 130 cm³/mol. The Hall–Kier alpha value is -4.65. The number of rotatable bonds is 9. The number of amides is 1. The molecule has 1 aromatic heterocycles. The van der Waals surface area contributed by atoms with Crippen LogP contribution in [0, 0.1) is 21.7 Å². The van der Waals surface area contributed by atoms with E-state index in [9.17, 15) is 38.4 Å². The molecular formula is C25H22F2N4O7. The number of nitrogens with zero attached hydrogens (tertiary/aromatic N) is 4. The number of nitro benzene ring substituents is 1. The number of aryl methyl sites for hydroxylation is 1. The zero-order valence-electron chi connectivity index (χ0n) is 20.1. The minimum absolute atomic E-state index is 0.0310. The second-order valence-corrected chi connectivity index (χ2v) is 8.42. The third-order valence-corrected chi connectivity index (χ3v) is 6.08. The maximum absolute atomic E-state index is 14.0. The lowest BCUT2D eigenvalue weighted by Gasteiger charge is -2.39. The van der Waals surface area contributed by atoms with Gasteiger partial charge in [-0.2, -0.15) is 0 Å². The third kappa shape index (κ3) is 4.95. The summed E-state index contributed by atoms with van der Waals surface area (Å²) in [5.74, 6) is -4.18. The summed E-state index contributed by atoms with van der Waals surface area (Å²) >= 11 is 0. The van der Waals surface area contributed by atoms with Gasteiger partial charge in [0.1, 0.15) is 24.0 Å². The number of aromatic nitrogens is 1. The van der Waals surface area contributed by atoms with Crippen LogP contribution >= 0.6 is 0 Å². The Balaban J connectivity index is 1.80. The molecule has 1 aliphatic heterocycles. The number of carbonyl (C=O) groups excluding carboxylic acids is 2. The summed E-state index contributed by atoms with van der Waals surface area (Å²) in [6, 6.07) is 8.53. The average molecular weight is 528 g/mol.